The largest absolute Gasteiger partial charge is 0.478 e. The normalized spacial score (nSPS) is 11.9. The molecule has 0 radical (unpaired) electrons. The molecule has 0 aromatic heterocycles. The summed E-state index contributed by atoms with van der Waals surface area (Å²) in [6, 6.07) is 15.3. The van der Waals surface area contributed by atoms with Crippen LogP contribution in [0.1, 0.15) is 27.0 Å². The summed E-state index contributed by atoms with van der Waals surface area (Å²) in [5.74, 6) is -0.765. The number of thioether (sulfide) groups is 1. The first-order valence-electron chi connectivity index (χ1n) is 9.21. The van der Waals surface area contributed by atoms with Gasteiger partial charge in [-0.1, -0.05) is 18.2 Å². The summed E-state index contributed by atoms with van der Waals surface area (Å²) in [4.78, 5) is 11.9. The minimum Gasteiger partial charge on any atom is -0.478 e. The van der Waals surface area contributed by atoms with E-state index in [1.165, 1.54) is 36.0 Å². The van der Waals surface area contributed by atoms with E-state index in [0.29, 0.717) is 17.0 Å². The lowest BCUT2D eigenvalue weighted by atomic mass is 10.1. The highest BCUT2D eigenvalue weighted by atomic mass is 32.2. The van der Waals surface area contributed by atoms with Crippen molar-refractivity contribution >= 4 is 33.4 Å². The van der Waals surface area contributed by atoms with Gasteiger partial charge in [-0.25, -0.2) is 13.2 Å². The summed E-state index contributed by atoms with van der Waals surface area (Å²) in [5.41, 5.74) is 0.670. The van der Waals surface area contributed by atoms with Crippen LogP contribution in [-0.2, 0) is 22.0 Å². The Morgan fingerprint density at radius 3 is 2.19 bits per heavy atom. The van der Waals surface area contributed by atoms with Gasteiger partial charge >= 0.3 is 12.1 Å². The molecule has 0 saturated heterocycles. The van der Waals surface area contributed by atoms with Crippen molar-refractivity contribution in [2.24, 2.45) is 0 Å². The molecular weight excluding hydrogens is 463 g/mol. The third-order valence-electron chi connectivity index (χ3n) is 4.54. The van der Waals surface area contributed by atoms with Crippen LogP contribution in [0.3, 0.4) is 0 Å². The van der Waals surface area contributed by atoms with Gasteiger partial charge in [0.2, 0.25) is 0 Å². The molecule has 10 heteroatoms. The van der Waals surface area contributed by atoms with E-state index in [4.69, 9.17) is 0 Å². The Hall–Kier alpha value is -2.98. The fraction of sp³-hybridized carbons (Fsp3) is 0.136. The molecule has 0 amide bonds. The number of carboxylic acids is 1. The zero-order valence-corrected chi connectivity index (χ0v) is 18.3. The predicted molar refractivity (Wildman–Crippen MR) is 116 cm³/mol. The number of alkyl halides is 3. The third kappa shape index (κ3) is 5.83. The molecule has 168 valence electrons. The third-order valence-corrected chi connectivity index (χ3v) is 7.01. The van der Waals surface area contributed by atoms with Gasteiger partial charge in [0.05, 0.1) is 16.0 Å². The number of benzene rings is 3. The van der Waals surface area contributed by atoms with Crippen LogP contribution in [0.15, 0.2) is 76.5 Å². The minimum absolute atomic E-state index is 0.0945. The van der Waals surface area contributed by atoms with E-state index in [0.717, 1.165) is 28.7 Å². The van der Waals surface area contributed by atoms with E-state index in [2.05, 4.69) is 4.72 Å². The van der Waals surface area contributed by atoms with Crippen molar-refractivity contribution in [3.8, 4) is 0 Å². The molecular formula is C22H18F3NO4S2. The van der Waals surface area contributed by atoms with Crippen LogP contribution in [-0.4, -0.2) is 19.5 Å². The van der Waals surface area contributed by atoms with Gasteiger partial charge in [0.25, 0.3) is 10.0 Å². The highest BCUT2D eigenvalue weighted by Crippen LogP contribution is 2.31. The number of halogens is 3. The smallest absolute Gasteiger partial charge is 0.416 e. The molecule has 0 fully saturated rings. The van der Waals surface area contributed by atoms with E-state index in [1.807, 2.05) is 0 Å². The Morgan fingerprint density at radius 2 is 1.62 bits per heavy atom. The number of anilines is 1. The summed E-state index contributed by atoms with van der Waals surface area (Å²) >= 11 is 1.39. The Balaban J connectivity index is 1.65. The van der Waals surface area contributed by atoms with Gasteiger partial charge in [-0.05, 0) is 66.6 Å². The maximum absolute atomic E-state index is 12.6. The maximum atomic E-state index is 12.6. The lowest BCUT2D eigenvalue weighted by molar-refractivity contribution is -0.137. The van der Waals surface area contributed by atoms with Gasteiger partial charge in [0, 0.05) is 16.3 Å². The number of sulfonamides is 1. The quantitative estimate of drug-likeness (QED) is 0.417. The molecule has 3 aromatic carbocycles. The van der Waals surface area contributed by atoms with Gasteiger partial charge in [0.1, 0.15) is 0 Å². The van der Waals surface area contributed by atoms with Gasteiger partial charge in [-0.2, -0.15) is 13.2 Å². The van der Waals surface area contributed by atoms with Crippen LogP contribution in [0.25, 0.3) is 0 Å². The van der Waals surface area contributed by atoms with Gasteiger partial charge in [-0.15, -0.1) is 11.8 Å². The van der Waals surface area contributed by atoms with Crippen molar-refractivity contribution in [3.63, 3.8) is 0 Å². The summed E-state index contributed by atoms with van der Waals surface area (Å²) < 4.78 is 65.5. The zero-order chi connectivity index (χ0) is 23.5. The van der Waals surface area contributed by atoms with Gasteiger partial charge in [-0.3, -0.25) is 4.72 Å². The van der Waals surface area contributed by atoms with E-state index in [1.54, 1.807) is 31.2 Å². The van der Waals surface area contributed by atoms with Crippen LogP contribution < -0.4 is 4.72 Å². The molecule has 0 atom stereocenters. The molecule has 0 saturated carbocycles. The molecule has 5 nitrogen and oxygen atoms in total. The van der Waals surface area contributed by atoms with Crippen molar-refractivity contribution in [1.29, 1.82) is 0 Å². The first-order chi connectivity index (χ1) is 15.0. The molecule has 2 N–H and O–H groups in total. The van der Waals surface area contributed by atoms with Gasteiger partial charge in [0.15, 0.2) is 0 Å². The van der Waals surface area contributed by atoms with Crippen LogP contribution in [0.2, 0.25) is 0 Å². The molecule has 0 spiro atoms. The van der Waals surface area contributed by atoms with Crippen LogP contribution in [0.4, 0.5) is 18.9 Å². The second kappa shape index (κ2) is 9.25. The summed E-state index contributed by atoms with van der Waals surface area (Å²) in [7, 11) is -3.98. The standard InChI is InChI=1S/C22H18F3NO4S2/c1-14-2-11-19(12-20(14)21(27)28)32(29,30)26-17-7-9-18(10-8-17)31-13-15-3-5-16(6-4-15)22(23,24)25/h2-12,26H,13H2,1H3,(H,27,28). The fourth-order valence-electron chi connectivity index (χ4n) is 2.79. The number of carboxylic acid groups (broad SMARTS) is 1. The average molecular weight is 482 g/mol. The fourth-order valence-corrected chi connectivity index (χ4v) is 4.73. The van der Waals surface area contributed by atoms with E-state index in [-0.39, 0.29) is 10.5 Å². The monoisotopic (exact) mass is 481 g/mol. The lowest BCUT2D eigenvalue weighted by Gasteiger charge is -2.11. The molecule has 0 aliphatic rings. The van der Waals surface area contributed by atoms with E-state index >= 15 is 0 Å². The first kappa shape index (κ1) is 23.7. The maximum Gasteiger partial charge on any atom is 0.416 e. The van der Waals surface area contributed by atoms with Crippen molar-refractivity contribution in [1.82, 2.24) is 0 Å². The molecule has 3 aromatic rings. The second-order valence-electron chi connectivity index (χ2n) is 6.90. The predicted octanol–water partition coefficient (Wildman–Crippen LogP) is 5.81. The molecule has 32 heavy (non-hydrogen) atoms. The van der Waals surface area contributed by atoms with Crippen molar-refractivity contribution in [2.75, 3.05) is 4.72 Å². The number of carbonyl (C=O) groups is 1. The zero-order valence-electron chi connectivity index (χ0n) is 16.7. The average Bonchev–Trinajstić information content (AvgIpc) is 2.72. The number of nitrogens with one attached hydrogen (secondary N) is 1. The van der Waals surface area contributed by atoms with Crippen molar-refractivity contribution in [3.05, 3.63) is 89.0 Å². The molecule has 0 heterocycles. The lowest BCUT2D eigenvalue weighted by Crippen LogP contribution is -2.14. The highest BCUT2D eigenvalue weighted by Gasteiger charge is 2.29. The van der Waals surface area contributed by atoms with E-state index < -0.39 is 27.7 Å². The number of hydrogen-bond acceptors (Lipinski definition) is 4. The van der Waals surface area contributed by atoms with Gasteiger partial charge < -0.3 is 5.11 Å². The van der Waals surface area contributed by atoms with E-state index in [9.17, 15) is 31.5 Å². The number of hydrogen-bond donors (Lipinski definition) is 2. The number of rotatable bonds is 7. The topological polar surface area (TPSA) is 83.5 Å². The summed E-state index contributed by atoms with van der Waals surface area (Å²) in [6.45, 7) is 1.58. The first-order valence-corrected chi connectivity index (χ1v) is 11.7. The van der Waals surface area contributed by atoms with Crippen molar-refractivity contribution < 1.29 is 31.5 Å². The number of aromatic carboxylic acids is 1. The van der Waals surface area contributed by atoms with Crippen LogP contribution in [0, 0.1) is 6.92 Å². The molecule has 0 bridgehead atoms. The molecule has 0 unspecified atom stereocenters. The highest BCUT2D eigenvalue weighted by molar-refractivity contribution is 7.98. The van der Waals surface area contributed by atoms with Crippen LogP contribution in [0.5, 0.6) is 0 Å². The summed E-state index contributed by atoms with van der Waals surface area (Å²) in [6.07, 6.45) is -4.37. The Kier molecular flexibility index (Phi) is 6.85. The molecule has 0 aliphatic carbocycles. The molecule has 0 aliphatic heterocycles. The Labute approximate surface area is 187 Å². The van der Waals surface area contributed by atoms with Crippen LogP contribution >= 0.6 is 11.8 Å². The Bertz CT molecular complexity index is 1220. The number of aryl methyl sites for hydroxylation is 1. The summed E-state index contributed by atoms with van der Waals surface area (Å²) in [5, 5.41) is 9.19. The SMILES string of the molecule is Cc1ccc(S(=O)(=O)Nc2ccc(SCc3ccc(C(F)(F)F)cc3)cc2)cc1C(=O)O. The Morgan fingerprint density at radius 1 is 1.00 bits per heavy atom. The second-order valence-corrected chi connectivity index (χ2v) is 9.63. The minimum atomic E-state index is -4.37. The van der Waals surface area contributed by atoms with Crippen molar-refractivity contribution in [2.45, 2.75) is 28.6 Å². The molecule has 3 rings (SSSR count).